The van der Waals surface area contributed by atoms with Gasteiger partial charge in [0.15, 0.2) is 0 Å². The van der Waals surface area contributed by atoms with Crippen molar-refractivity contribution in [3.8, 4) is 0 Å². The van der Waals surface area contributed by atoms with Gasteiger partial charge in [0, 0.05) is 34.8 Å². The number of benzene rings is 4. The molecule has 0 saturated heterocycles. The zero-order chi connectivity index (χ0) is 28.9. The molecule has 0 aliphatic carbocycles. The summed E-state index contributed by atoms with van der Waals surface area (Å²) < 4.78 is 0. The van der Waals surface area contributed by atoms with Crippen molar-refractivity contribution in [2.75, 3.05) is 15.5 Å². The first-order chi connectivity index (χ1) is 19.8. The standard InChI is InChI=1S/C32H27Cl2N5O2/c1-20(2)39(24-14-15-26(33)27(34)18-24)19-21-13-16-28-25(17-21)29(36-30(40)22-9-5-3-6-10-22)37-32(35-28)38-31(41)23-11-7-4-8-12-23/h3-18,20H,19H2,1-2H3,(H2,35,36,37,38,40,41). The van der Waals surface area contributed by atoms with Crippen molar-refractivity contribution in [2.45, 2.75) is 26.4 Å². The molecule has 0 aliphatic heterocycles. The van der Waals surface area contributed by atoms with E-state index in [-0.39, 0.29) is 23.8 Å². The Kier molecular flexibility index (Phi) is 8.47. The lowest BCUT2D eigenvalue weighted by Gasteiger charge is -2.29. The lowest BCUT2D eigenvalue weighted by molar-refractivity contribution is 0.101. The number of nitrogens with one attached hydrogen (secondary N) is 2. The van der Waals surface area contributed by atoms with E-state index in [1.807, 2.05) is 42.5 Å². The molecule has 0 radical (unpaired) electrons. The molecule has 2 N–H and O–H groups in total. The molecule has 0 aliphatic rings. The normalized spacial score (nSPS) is 11.0. The van der Waals surface area contributed by atoms with Gasteiger partial charge in [-0.3, -0.25) is 14.9 Å². The lowest BCUT2D eigenvalue weighted by Crippen LogP contribution is -2.30. The third-order valence-electron chi connectivity index (χ3n) is 6.50. The van der Waals surface area contributed by atoms with Crippen LogP contribution in [0.2, 0.25) is 10.0 Å². The number of nitrogens with zero attached hydrogens (tertiary/aromatic N) is 3. The minimum Gasteiger partial charge on any atom is -0.365 e. The zero-order valence-electron chi connectivity index (χ0n) is 22.4. The molecule has 5 aromatic rings. The second kappa shape index (κ2) is 12.4. The second-order valence-corrected chi connectivity index (χ2v) is 10.5. The molecule has 0 bridgehead atoms. The van der Waals surface area contributed by atoms with E-state index in [0.717, 1.165) is 11.3 Å². The number of amides is 2. The Bertz CT molecular complexity index is 1710. The van der Waals surface area contributed by atoms with Crippen molar-refractivity contribution >= 4 is 63.4 Å². The molecule has 9 heteroatoms. The molecule has 41 heavy (non-hydrogen) atoms. The summed E-state index contributed by atoms with van der Waals surface area (Å²) in [6, 6.07) is 29.2. The summed E-state index contributed by atoms with van der Waals surface area (Å²) in [5, 5.41) is 7.29. The number of hydrogen-bond acceptors (Lipinski definition) is 5. The smallest absolute Gasteiger partial charge is 0.258 e. The van der Waals surface area contributed by atoms with Gasteiger partial charge in [-0.05, 0) is 74.0 Å². The monoisotopic (exact) mass is 583 g/mol. The molecule has 1 aromatic heterocycles. The predicted molar refractivity (Wildman–Crippen MR) is 166 cm³/mol. The van der Waals surface area contributed by atoms with Crippen LogP contribution < -0.4 is 15.5 Å². The van der Waals surface area contributed by atoms with Crippen molar-refractivity contribution in [1.29, 1.82) is 0 Å². The number of rotatable bonds is 8. The van der Waals surface area contributed by atoms with Gasteiger partial charge in [-0.1, -0.05) is 65.7 Å². The predicted octanol–water partition coefficient (Wildman–Crippen LogP) is 7.86. The topological polar surface area (TPSA) is 87.2 Å². The number of fused-ring (bicyclic) bond motifs is 1. The molecule has 5 rings (SSSR count). The molecule has 0 unspecified atom stereocenters. The van der Waals surface area contributed by atoms with Crippen LogP contribution >= 0.6 is 23.2 Å². The Labute approximate surface area is 248 Å². The second-order valence-electron chi connectivity index (χ2n) is 9.71. The quantitative estimate of drug-likeness (QED) is 0.194. The van der Waals surface area contributed by atoms with Crippen LogP contribution in [-0.2, 0) is 6.54 Å². The van der Waals surface area contributed by atoms with E-state index in [1.54, 1.807) is 54.6 Å². The van der Waals surface area contributed by atoms with E-state index in [9.17, 15) is 9.59 Å². The molecule has 2 amide bonds. The number of hydrogen-bond donors (Lipinski definition) is 2. The van der Waals surface area contributed by atoms with Gasteiger partial charge in [0.2, 0.25) is 5.95 Å². The van der Waals surface area contributed by atoms with Gasteiger partial charge < -0.3 is 10.2 Å². The number of carbonyl (C=O) groups is 2. The maximum absolute atomic E-state index is 13.1. The summed E-state index contributed by atoms with van der Waals surface area (Å²) in [7, 11) is 0. The van der Waals surface area contributed by atoms with Gasteiger partial charge in [-0.25, -0.2) is 4.98 Å². The Morgan fingerprint density at radius 3 is 2.00 bits per heavy atom. The van der Waals surface area contributed by atoms with Gasteiger partial charge in [-0.2, -0.15) is 4.98 Å². The minimum atomic E-state index is -0.351. The van der Waals surface area contributed by atoms with Crippen molar-refractivity contribution < 1.29 is 9.59 Å². The number of aromatic nitrogens is 2. The number of halogens is 2. The van der Waals surface area contributed by atoms with Crippen LogP contribution in [0.15, 0.2) is 97.1 Å². The van der Waals surface area contributed by atoms with E-state index in [2.05, 4.69) is 39.3 Å². The molecule has 7 nitrogen and oxygen atoms in total. The SMILES string of the molecule is CC(C)N(Cc1ccc2nc(NC(=O)c3ccccc3)nc(NC(=O)c3ccccc3)c2c1)c1ccc(Cl)c(Cl)c1. The first kappa shape index (κ1) is 28.1. The van der Waals surface area contributed by atoms with Gasteiger partial charge in [-0.15, -0.1) is 0 Å². The zero-order valence-corrected chi connectivity index (χ0v) is 23.9. The summed E-state index contributed by atoms with van der Waals surface area (Å²) in [6.45, 7) is 4.75. The maximum atomic E-state index is 13.1. The van der Waals surface area contributed by atoms with Gasteiger partial charge in [0.05, 0.1) is 15.6 Å². The fourth-order valence-corrected chi connectivity index (χ4v) is 4.68. The average Bonchev–Trinajstić information content (AvgIpc) is 2.98. The Morgan fingerprint density at radius 1 is 0.756 bits per heavy atom. The van der Waals surface area contributed by atoms with Crippen LogP contribution in [0.1, 0.15) is 40.1 Å². The molecular formula is C32H27Cl2N5O2. The lowest BCUT2D eigenvalue weighted by atomic mass is 10.1. The first-order valence-electron chi connectivity index (χ1n) is 13.0. The van der Waals surface area contributed by atoms with E-state index < -0.39 is 0 Å². The first-order valence-corrected chi connectivity index (χ1v) is 13.8. The van der Waals surface area contributed by atoms with Gasteiger partial charge in [0.1, 0.15) is 5.82 Å². The molecule has 0 spiro atoms. The van der Waals surface area contributed by atoms with Crippen LogP contribution in [0, 0.1) is 0 Å². The average molecular weight is 585 g/mol. The minimum absolute atomic E-state index is 0.0853. The molecule has 0 atom stereocenters. The van der Waals surface area contributed by atoms with Crippen molar-refractivity contribution in [3.05, 3.63) is 124 Å². The van der Waals surface area contributed by atoms with E-state index in [0.29, 0.717) is 44.4 Å². The van der Waals surface area contributed by atoms with Crippen LogP contribution in [-0.4, -0.2) is 27.8 Å². The van der Waals surface area contributed by atoms with E-state index in [1.165, 1.54) is 0 Å². The largest absolute Gasteiger partial charge is 0.365 e. The van der Waals surface area contributed by atoms with Crippen LogP contribution in [0.4, 0.5) is 17.5 Å². The molecule has 4 aromatic carbocycles. The van der Waals surface area contributed by atoms with Crippen LogP contribution in [0.5, 0.6) is 0 Å². The van der Waals surface area contributed by atoms with Crippen LogP contribution in [0.25, 0.3) is 10.9 Å². The summed E-state index contributed by atoms with van der Waals surface area (Å²) in [5.74, 6) is -0.297. The summed E-state index contributed by atoms with van der Waals surface area (Å²) >= 11 is 12.5. The number of carbonyl (C=O) groups excluding carboxylic acids is 2. The highest BCUT2D eigenvalue weighted by atomic mass is 35.5. The third-order valence-corrected chi connectivity index (χ3v) is 7.24. The highest BCUT2D eigenvalue weighted by Gasteiger charge is 2.17. The van der Waals surface area contributed by atoms with Crippen molar-refractivity contribution in [3.63, 3.8) is 0 Å². The summed E-state index contributed by atoms with van der Waals surface area (Å²) in [6.07, 6.45) is 0. The van der Waals surface area contributed by atoms with Crippen LogP contribution in [0.3, 0.4) is 0 Å². The highest BCUT2D eigenvalue weighted by molar-refractivity contribution is 6.42. The molecule has 0 saturated carbocycles. The van der Waals surface area contributed by atoms with E-state index >= 15 is 0 Å². The Morgan fingerprint density at radius 2 is 1.39 bits per heavy atom. The Balaban J connectivity index is 1.52. The highest BCUT2D eigenvalue weighted by Crippen LogP contribution is 2.30. The van der Waals surface area contributed by atoms with Gasteiger partial charge in [0.25, 0.3) is 11.8 Å². The number of anilines is 3. The molecule has 1 heterocycles. The Hall–Kier alpha value is -4.46. The fraction of sp³-hybridized carbons (Fsp3) is 0.125. The summed E-state index contributed by atoms with van der Waals surface area (Å²) in [5.41, 5.74) is 3.42. The third kappa shape index (κ3) is 6.65. The van der Waals surface area contributed by atoms with Gasteiger partial charge >= 0.3 is 0 Å². The van der Waals surface area contributed by atoms with Crippen molar-refractivity contribution in [2.24, 2.45) is 0 Å². The molecule has 0 fully saturated rings. The van der Waals surface area contributed by atoms with Crippen molar-refractivity contribution in [1.82, 2.24) is 9.97 Å². The fourth-order valence-electron chi connectivity index (χ4n) is 4.39. The summed E-state index contributed by atoms with van der Waals surface area (Å²) in [4.78, 5) is 37.3. The maximum Gasteiger partial charge on any atom is 0.258 e. The molecule has 206 valence electrons. The molecular weight excluding hydrogens is 557 g/mol. The van der Waals surface area contributed by atoms with E-state index in [4.69, 9.17) is 23.2 Å².